The molecule has 1 heterocycles. The number of hydrogen-bond acceptors (Lipinski definition) is 7. The van der Waals surface area contributed by atoms with E-state index in [9.17, 15) is 9.90 Å². The Morgan fingerprint density at radius 2 is 1.83 bits per heavy atom. The van der Waals surface area contributed by atoms with Crippen LogP contribution in [0.4, 0.5) is 0 Å². The highest BCUT2D eigenvalue weighted by atomic mass is 32.2. The minimum absolute atomic E-state index is 0.0389. The van der Waals surface area contributed by atoms with E-state index >= 15 is 0 Å². The molecule has 1 aromatic heterocycles. The Balaban J connectivity index is 1.50. The average molecular weight is 488 g/mol. The molecule has 0 aliphatic heterocycles. The minimum atomic E-state index is -0.278. The Kier molecular flexibility index (Phi) is 7.47. The molecule has 0 fully saturated rings. The fourth-order valence-electron chi connectivity index (χ4n) is 3.34. The van der Waals surface area contributed by atoms with Gasteiger partial charge in [0.25, 0.3) is 5.91 Å². The number of para-hydroxylation sites is 1. The first kappa shape index (κ1) is 24.0. The molecule has 35 heavy (non-hydrogen) atoms. The van der Waals surface area contributed by atoms with Gasteiger partial charge in [-0.15, -0.1) is 10.2 Å². The van der Waals surface area contributed by atoms with E-state index < -0.39 is 0 Å². The van der Waals surface area contributed by atoms with Crippen molar-refractivity contribution < 1.29 is 14.6 Å². The minimum Gasteiger partial charge on any atom is -0.504 e. The van der Waals surface area contributed by atoms with Crippen LogP contribution >= 0.6 is 11.8 Å². The number of aromatic hydroxyl groups is 1. The van der Waals surface area contributed by atoms with E-state index in [4.69, 9.17) is 4.74 Å². The van der Waals surface area contributed by atoms with E-state index in [1.165, 1.54) is 24.9 Å². The Morgan fingerprint density at radius 1 is 1.09 bits per heavy atom. The molecule has 0 aliphatic rings. The molecule has 0 radical (unpaired) electrons. The molecule has 8 nitrogen and oxygen atoms in total. The third-order valence-corrected chi connectivity index (χ3v) is 6.16. The summed E-state index contributed by atoms with van der Waals surface area (Å²) >= 11 is 1.28. The van der Waals surface area contributed by atoms with Crippen LogP contribution in [0.2, 0.25) is 0 Å². The number of hydrazone groups is 1. The number of carbonyl (C=O) groups excluding carboxylic acids is 1. The number of methoxy groups -OCH3 is 1. The molecular weight excluding hydrogens is 462 g/mol. The zero-order valence-electron chi connectivity index (χ0n) is 19.6. The van der Waals surface area contributed by atoms with Gasteiger partial charge in [-0.1, -0.05) is 59.8 Å². The number of benzene rings is 3. The zero-order chi connectivity index (χ0) is 24.8. The molecule has 0 aliphatic carbocycles. The SMILES string of the molecule is COc1cc(C(C)=NNC(=O)CSc2nnc(-c3ccc(C)cc3)n2-c2ccccc2)ccc1O. The smallest absolute Gasteiger partial charge is 0.250 e. The molecule has 1 amide bonds. The van der Waals surface area contributed by atoms with Crippen LogP contribution in [-0.2, 0) is 4.79 Å². The molecule has 4 rings (SSSR count). The maximum absolute atomic E-state index is 12.5. The van der Waals surface area contributed by atoms with Gasteiger partial charge < -0.3 is 9.84 Å². The van der Waals surface area contributed by atoms with Crippen molar-refractivity contribution in [2.24, 2.45) is 5.10 Å². The molecule has 0 bridgehead atoms. The van der Waals surface area contributed by atoms with Gasteiger partial charge in [0.2, 0.25) is 0 Å². The van der Waals surface area contributed by atoms with Crippen LogP contribution in [0, 0.1) is 6.92 Å². The van der Waals surface area contributed by atoms with Crippen LogP contribution in [0.25, 0.3) is 17.1 Å². The summed E-state index contributed by atoms with van der Waals surface area (Å²) in [5, 5.41) is 23.3. The van der Waals surface area contributed by atoms with Crippen molar-refractivity contribution in [1.29, 1.82) is 0 Å². The van der Waals surface area contributed by atoms with E-state index in [-0.39, 0.29) is 17.4 Å². The lowest BCUT2D eigenvalue weighted by Crippen LogP contribution is -2.21. The summed E-state index contributed by atoms with van der Waals surface area (Å²) in [6.07, 6.45) is 0. The zero-order valence-corrected chi connectivity index (χ0v) is 20.4. The second kappa shape index (κ2) is 10.9. The van der Waals surface area contributed by atoms with Crippen molar-refractivity contribution in [3.05, 3.63) is 83.9 Å². The predicted octanol–water partition coefficient (Wildman–Crippen LogP) is 4.59. The molecular formula is C26H25N5O3S. The highest BCUT2D eigenvalue weighted by molar-refractivity contribution is 7.99. The third kappa shape index (κ3) is 5.70. The molecule has 3 aromatic carbocycles. The predicted molar refractivity (Wildman–Crippen MR) is 137 cm³/mol. The van der Waals surface area contributed by atoms with Gasteiger partial charge in [0, 0.05) is 16.8 Å². The second-order valence-electron chi connectivity index (χ2n) is 7.75. The van der Waals surface area contributed by atoms with Crippen LogP contribution < -0.4 is 10.2 Å². The number of carbonyl (C=O) groups is 1. The summed E-state index contributed by atoms with van der Waals surface area (Å²) in [6, 6.07) is 22.8. The highest BCUT2D eigenvalue weighted by Gasteiger charge is 2.17. The number of nitrogens with one attached hydrogen (secondary N) is 1. The molecule has 9 heteroatoms. The lowest BCUT2D eigenvalue weighted by Gasteiger charge is -2.10. The summed E-state index contributed by atoms with van der Waals surface area (Å²) < 4.78 is 7.07. The molecule has 0 saturated heterocycles. The fraction of sp³-hybridized carbons (Fsp3) is 0.154. The lowest BCUT2D eigenvalue weighted by molar-refractivity contribution is -0.118. The topological polar surface area (TPSA) is 102 Å². The standard InChI is InChI=1S/C26H25N5O3S/c1-17-9-11-19(12-10-17)25-29-30-26(31(25)21-7-5-4-6-8-21)35-16-24(33)28-27-18(2)20-13-14-22(32)23(15-20)34-3/h4-15,32H,16H2,1-3H3,(H,28,33). The number of hydrogen-bond donors (Lipinski definition) is 2. The van der Waals surface area contributed by atoms with E-state index in [1.54, 1.807) is 19.1 Å². The molecule has 178 valence electrons. The summed E-state index contributed by atoms with van der Waals surface area (Å²) in [7, 11) is 1.47. The average Bonchev–Trinajstić information content (AvgIpc) is 3.31. The van der Waals surface area contributed by atoms with E-state index in [2.05, 4.69) is 20.7 Å². The molecule has 0 unspecified atom stereocenters. The second-order valence-corrected chi connectivity index (χ2v) is 8.69. The monoisotopic (exact) mass is 487 g/mol. The summed E-state index contributed by atoms with van der Waals surface area (Å²) in [6.45, 7) is 3.80. The third-order valence-electron chi connectivity index (χ3n) is 5.24. The lowest BCUT2D eigenvalue weighted by atomic mass is 10.1. The number of thioether (sulfide) groups is 1. The maximum atomic E-state index is 12.5. The van der Waals surface area contributed by atoms with Crippen LogP contribution in [-0.4, -0.2) is 44.4 Å². The quantitative estimate of drug-likeness (QED) is 0.214. The van der Waals surface area contributed by atoms with Crippen molar-refractivity contribution in [3.63, 3.8) is 0 Å². The summed E-state index contributed by atoms with van der Waals surface area (Å²) in [5.41, 5.74) is 6.88. The number of amides is 1. The van der Waals surface area contributed by atoms with E-state index in [1.807, 2.05) is 66.1 Å². The van der Waals surface area contributed by atoms with Gasteiger partial charge in [-0.05, 0) is 44.2 Å². The molecule has 2 N–H and O–H groups in total. The Morgan fingerprint density at radius 3 is 2.54 bits per heavy atom. The number of nitrogens with zero attached hydrogens (tertiary/aromatic N) is 4. The number of aromatic nitrogens is 3. The Bertz CT molecular complexity index is 1350. The molecule has 0 atom stereocenters. The van der Waals surface area contributed by atoms with Crippen molar-refractivity contribution in [2.45, 2.75) is 19.0 Å². The van der Waals surface area contributed by atoms with Gasteiger partial charge >= 0.3 is 0 Å². The van der Waals surface area contributed by atoms with Gasteiger partial charge in [0.15, 0.2) is 22.5 Å². The van der Waals surface area contributed by atoms with E-state index in [0.29, 0.717) is 22.4 Å². The van der Waals surface area contributed by atoms with Crippen LogP contribution in [0.3, 0.4) is 0 Å². The first-order valence-corrected chi connectivity index (χ1v) is 11.9. The van der Waals surface area contributed by atoms with Gasteiger partial charge in [0.1, 0.15) is 0 Å². The normalized spacial score (nSPS) is 11.3. The van der Waals surface area contributed by atoms with Gasteiger partial charge in [-0.2, -0.15) is 5.10 Å². The van der Waals surface area contributed by atoms with Crippen LogP contribution in [0.1, 0.15) is 18.1 Å². The Labute approximate surface area is 207 Å². The van der Waals surface area contributed by atoms with Gasteiger partial charge in [-0.3, -0.25) is 9.36 Å². The maximum Gasteiger partial charge on any atom is 0.250 e. The first-order valence-electron chi connectivity index (χ1n) is 10.9. The molecule has 0 saturated carbocycles. The number of rotatable bonds is 8. The Hall–Kier alpha value is -4.11. The summed E-state index contributed by atoms with van der Waals surface area (Å²) in [5.74, 6) is 0.906. The van der Waals surface area contributed by atoms with Gasteiger partial charge in [0.05, 0.1) is 18.6 Å². The van der Waals surface area contributed by atoms with Crippen molar-refractivity contribution in [1.82, 2.24) is 20.2 Å². The number of phenolic OH excluding ortho intramolecular Hbond substituents is 1. The van der Waals surface area contributed by atoms with Crippen LogP contribution in [0.5, 0.6) is 11.5 Å². The number of ether oxygens (including phenoxy) is 1. The largest absolute Gasteiger partial charge is 0.504 e. The highest BCUT2D eigenvalue weighted by Crippen LogP contribution is 2.28. The number of phenols is 1. The molecule has 0 spiro atoms. The van der Waals surface area contributed by atoms with Crippen molar-refractivity contribution in [3.8, 4) is 28.6 Å². The fourth-order valence-corrected chi connectivity index (χ4v) is 4.08. The van der Waals surface area contributed by atoms with Crippen molar-refractivity contribution in [2.75, 3.05) is 12.9 Å². The first-order chi connectivity index (χ1) is 17.0. The van der Waals surface area contributed by atoms with Crippen molar-refractivity contribution >= 4 is 23.4 Å². The van der Waals surface area contributed by atoms with Crippen LogP contribution in [0.15, 0.2) is 83.1 Å². The van der Waals surface area contributed by atoms with E-state index in [0.717, 1.165) is 22.4 Å². The number of aryl methyl sites for hydroxylation is 1. The summed E-state index contributed by atoms with van der Waals surface area (Å²) in [4.78, 5) is 12.5. The van der Waals surface area contributed by atoms with Gasteiger partial charge in [-0.25, -0.2) is 5.43 Å². The molecule has 4 aromatic rings.